The van der Waals surface area contributed by atoms with Gasteiger partial charge in [-0.15, -0.1) is 5.92 Å². The van der Waals surface area contributed by atoms with E-state index >= 15 is 0 Å². The van der Waals surface area contributed by atoms with E-state index in [1.807, 2.05) is 26.0 Å². The number of urea groups is 1. The summed E-state index contributed by atoms with van der Waals surface area (Å²) in [4.78, 5) is 44.1. The van der Waals surface area contributed by atoms with Crippen molar-refractivity contribution < 1.29 is 28.7 Å². The van der Waals surface area contributed by atoms with Crippen LogP contribution in [0.25, 0.3) is 5.57 Å². The number of carbonyl (C=O) groups is 3. The molecule has 33 heavy (non-hydrogen) atoms. The van der Waals surface area contributed by atoms with E-state index in [1.165, 1.54) is 14.2 Å². The molecular weight excluding hydrogens is 424 g/mol. The van der Waals surface area contributed by atoms with Crippen LogP contribution in [-0.2, 0) is 19.1 Å². The minimum absolute atomic E-state index is 0.0736. The molecule has 1 aliphatic heterocycles. The second kappa shape index (κ2) is 10.1. The highest BCUT2D eigenvalue weighted by molar-refractivity contribution is 6.23. The van der Waals surface area contributed by atoms with Crippen molar-refractivity contribution in [3.05, 3.63) is 40.1 Å². The number of benzene rings is 1. The second-order valence-corrected chi connectivity index (χ2v) is 8.59. The van der Waals surface area contributed by atoms with Gasteiger partial charge in [0.25, 0.3) is 0 Å². The number of nitrogens with zero attached hydrogens (tertiary/aromatic N) is 1. The highest BCUT2D eigenvalue weighted by Gasteiger charge is 2.45. The molecule has 3 rings (SSSR count). The maximum absolute atomic E-state index is 13.6. The van der Waals surface area contributed by atoms with Crippen LogP contribution in [-0.4, -0.2) is 50.2 Å². The number of piperidine rings is 1. The molecular formula is C25H30N2O6. The standard InChI is InChI=1S/C25H30N2O6/c1-6-7-18-12-16(2)21(17(3)13-18)22-19(28)14-25(15-20(22)33-24(30)31-4)8-10-27(11-9-25)23(29)26-32-5/h12-13H,8-11,14-15H2,1-5H3,(H,26,29). The number of aryl methyl sites for hydroxylation is 2. The Morgan fingerprint density at radius 2 is 1.73 bits per heavy atom. The molecule has 0 atom stereocenters. The fraction of sp³-hybridized carbons (Fsp3) is 0.480. The Hall–Kier alpha value is -3.31. The van der Waals surface area contributed by atoms with Gasteiger partial charge in [0.1, 0.15) is 5.76 Å². The summed E-state index contributed by atoms with van der Waals surface area (Å²) in [5, 5.41) is 0. The van der Waals surface area contributed by atoms with Gasteiger partial charge in [-0.05, 0) is 67.9 Å². The first-order valence-electron chi connectivity index (χ1n) is 10.9. The maximum Gasteiger partial charge on any atom is 0.513 e. The van der Waals surface area contributed by atoms with Crippen molar-refractivity contribution in [1.82, 2.24) is 10.4 Å². The van der Waals surface area contributed by atoms with E-state index in [2.05, 4.69) is 17.3 Å². The number of amides is 2. The molecule has 8 heteroatoms. The van der Waals surface area contributed by atoms with Gasteiger partial charge in [0.2, 0.25) is 0 Å². The van der Waals surface area contributed by atoms with Gasteiger partial charge in [-0.1, -0.05) is 5.92 Å². The third-order valence-electron chi connectivity index (χ3n) is 6.35. The Labute approximate surface area is 194 Å². The first-order chi connectivity index (χ1) is 15.7. The highest BCUT2D eigenvalue weighted by Crippen LogP contribution is 2.48. The number of hydroxylamine groups is 1. The number of ether oxygens (including phenoxy) is 2. The Bertz CT molecular complexity index is 1030. The van der Waals surface area contributed by atoms with Gasteiger partial charge in [0, 0.05) is 31.5 Å². The Morgan fingerprint density at radius 1 is 1.09 bits per heavy atom. The van der Waals surface area contributed by atoms with Crippen LogP contribution < -0.4 is 5.48 Å². The lowest BCUT2D eigenvalue weighted by Gasteiger charge is -2.44. The molecule has 1 aromatic carbocycles. The third-order valence-corrected chi connectivity index (χ3v) is 6.35. The number of hydrogen-bond donors (Lipinski definition) is 1. The molecule has 1 aromatic rings. The van der Waals surface area contributed by atoms with E-state index in [0.717, 1.165) is 22.3 Å². The molecule has 2 aliphatic rings. The van der Waals surface area contributed by atoms with Crippen molar-refractivity contribution in [1.29, 1.82) is 0 Å². The van der Waals surface area contributed by atoms with Gasteiger partial charge in [0.15, 0.2) is 5.78 Å². The lowest BCUT2D eigenvalue weighted by Crippen LogP contribution is -2.48. The van der Waals surface area contributed by atoms with Crippen LogP contribution in [0.2, 0.25) is 0 Å². The quantitative estimate of drug-likeness (QED) is 0.423. The summed E-state index contributed by atoms with van der Waals surface area (Å²) < 4.78 is 10.3. The van der Waals surface area contributed by atoms with Crippen LogP contribution in [0.1, 0.15) is 54.9 Å². The first kappa shape index (κ1) is 24.3. The van der Waals surface area contributed by atoms with Gasteiger partial charge in [-0.2, -0.15) is 0 Å². The fourth-order valence-electron chi connectivity index (χ4n) is 4.85. The smallest absolute Gasteiger partial charge is 0.437 e. The maximum atomic E-state index is 13.6. The normalized spacial score (nSPS) is 17.4. The summed E-state index contributed by atoms with van der Waals surface area (Å²) in [6.45, 7) is 6.59. The molecule has 0 radical (unpaired) electrons. The van der Waals surface area contributed by atoms with Crippen molar-refractivity contribution in [3.8, 4) is 11.8 Å². The zero-order chi connectivity index (χ0) is 24.2. The van der Waals surface area contributed by atoms with E-state index in [-0.39, 0.29) is 17.2 Å². The number of methoxy groups -OCH3 is 1. The highest BCUT2D eigenvalue weighted by atomic mass is 16.7. The number of nitrogens with one attached hydrogen (secondary N) is 1. The average Bonchev–Trinajstić information content (AvgIpc) is 2.76. The fourth-order valence-corrected chi connectivity index (χ4v) is 4.85. The van der Waals surface area contributed by atoms with Crippen LogP contribution >= 0.6 is 0 Å². The van der Waals surface area contributed by atoms with Crippen molar-refractivity contribution in [2.24, 2.45) is 5.41 Å². The monoisotopic (exact) mass is 454 g/mol. The Morgan fingerprint density at radius 3 is 2.27 bits per heavy atom. The van der Waals surface area contributed by atoms with E-state index in [9.17, 15) is 14.4 Å². The summed E-state index contributed by atoms with van der Waals surface area (Å²) in [5.74, 6) is 6.19. The number of hydrogen-bond acceptors (Lipinski definition) is 6. The van der Waals surface area contributed by atoms with E-state index in [4.69, 9.17) is 14.3 Å². The van der Waals surface area contributed by atoms with Crippen molar-refractivity contribution in [2.75, 3.05) is 27.3 Å². The van der Waals surface area contributed by atoms with Crippen LogP contribution in [0, 0.1) is 31.1 Å². The number of rotatable bonds is 3. The first-order valence-corrected chi connectivity index (χ1v) is 10.9. The lowest BCUT2D eigenvalue weighted by atomic mass is 9.66. The molecule has 1 saturated heterocycles. The molecule has 2 amide bonds. The topological polar surface area (TPSA) is 94.2 Å². The molecule has 8 nitrogen and oxygen atoms in total. The molecule has 176 valence electrons. The SMILES string of the molecule is CC#Cc1cc(C)c(C2=C(OC(=O)OC)CC3(CCN(C(=O)NOC)CC3)CC2=O)c(C)c1. The molecule has 0 saturated carbocycles. The molecule has 1 N–H and O–H groups in total. The van der Waals surface area contributed by atoms with E-state index in [1.54, 1.807) is 11.8 Å². The molecule has 0 aromatic heterocycles. The van der Waals surface area contributed by atoms with E-state index < -0.39 is 6.16 Å². The predicted octanol–water partition coefficient (Wildman–Crippen LogP) is 3.89. The minimum Gasteiger partial charge on any atom is -0.437 e. The van der Waals surface area contributed by atoms with Crippen LogP contribution in [0.4, 0.5) is 9.59 Å². The number of carbonyl (C=O) groups excluding carboxylic acids is 3. The Kier molecular flexibility index (Phi) is 7.44. The summed E-state index contributed by atoms with van der Waals surface area (Å²) >= 11 is 0. The van der Waals surface area contributed by atoms with Gasteiger partial charge in [-0.25, -0.2) is 15.1 Å². The molecule has 1 spiro atoms. The number of likely N-dealkylation sites (tertiary alicyclic amines) is 1. The van der Waals surface area contributed by atoms with Crippen LogP contribution in [0.15, 0.2) is 17.9 Å². The second-order valence-electron chi connectivity index (χ2n) is 8.59. The van der Waals surface area contributed by atoms with Gasteiger partial charge in [0.05, 0.1) is 19.8 Å². The predicted molar refractivity (Wildman–Crippen MR) is 122 cm³/mol. The average molecular weight is 455 g/mol. The summed E-state index contributed by atoms with van der Waals surface area (Å²) in [6.07, 6.45) is 1.11. The van der Waals surface area contributed by atoms with Crippen LogP contribution in [0.5, 0.6) is 0 Å². The van der Waals surface area contributed by atoms with Gasteiger partial charge in [-0.3, -0.25) is 9.63 Å². The zero-order valence-corrected chi connectivity index (χ0v) is 19.8. The van der Waals surface area contributed by atoms with Gasteiger partial charge >= 0.3 is 12.2 Å². The van der Waals surface area contributed by atoms with Gasteiger partial charge < -0.3 is 14.4 Å². The molecule has 0 bridgehead atoms. The third kappa shape index (κ3) is 5.20. The molecule has 1 fully saturated rings. The number of allylic oxidation sites excluding steroid dienone is 2. The largest absolute Gasteiger partial charge is 0.513 e. The Balaban J connectivity index is 1.99. The molecule has 0 unspecified atom stereocenters. The summed E-state index contributed by atoms with van der Waals surface area (Å²) in [7, 11) is 2.63. The number of Topliss-reactive ketones (excluding diaryl/α,β-unsaturated/α-hetero) is 1. The minimum atomic E-state index is -0.854. The summed E-state index contributed by atoms with van der Waals surface area (Å²) in [6, 6.07) is 3.57. The molecule has 1 aliphatic carbocycles. The summed E-state index contributed by atoms with van der Waals surface area (Å²) in [5.41, 5.74) is 5.79. The molecule has 1 heterocycles. The van der Waals surface area contributed by atoms with Crippen LogP contribution in [0.3, 0.4) is 0 Å². The number of ketones is 1. The van der Waals surface area contributed by atoms with Crippen molar-refractivity contribution >= 4 is 23.5 Å². The van der Waals surface area contributed by atoms with Crippen molar-refractivity contribution in [2.45, 2.75) is 46.5 Å². The van der Waals surface area contributed by atoms with Crippen molar-refractivity contribution in [3.63, 3.8) is 0 Å². The lowest BCUT2D eigenvalue weighted by molar-refractivity contribution is -0.117. The van der Waals surface area contributed by atoms with E-state index in [0.29, 0.717) is 50.1 Å². The zero-order valence-electron chi connectivity index (χ0n) is 19.8.